The van der Waals surface area contributed by atoms with Crippen LogP contribution >= 0.6 is 11.3 Å². The van der Waals surface area contributed by atoms with Crippen molar-refractivity contribution >= 4 is 22.2 Å². The summed E-state index contributed by atoms with van der Waals surface area (Å²) in [6, 6.07) is 7.53. The van der Waals surface area contributed by atoms with Gasteiger partial charge in [-0.25, -0.2) is 9.78 Å². The second-order valence-electron chi connectivity index (χ2n) is 2.95. The number of hydrogen-bond donors (Lipinski definition) is 1. The van der Waals surface area contributed by atoms with Crippen LogP contribution in [0.1, 0.15) is 0 Å². The summed E-state index contributed by atoms with van der Waals surface area (Å²) >= 11 is 1.60. The van der Waals surface area contributed by atoms with Crippen molar-refractivity contribution in [3.05, 3.63) is 58.0 Å². The van der Waals surface area contributed by atoms with Gasteiger partial charge in [-0.05, 0) is 6.07 Å². The summed E-state index contributed by atoms with van der Waals surface area (Å²) in [4.78, 5) is 20.7. The van der Waals surface area contributed by atoms with E-state index in [2.05, 4.69) is 15.0 Å². The molecule has 0 radical (unpaired) electrons. The molecular weight excluding hydrogens is 222 g/mol. The Labute approximate surface area is 95.6 Å². The molecule has 0 amide bonds. The lowest BCUT2D eigenvalue weighted by Crippen LogP contribution is -2.07. The minimum absolute atomic E-state index is 0.302. The topological polar surface area (TPSA) is 58.6 Å². The van der Waals surface area contributed by atoms with Crippen LogP contribution in [0, 0.1) is 0 Å². The van der Waals surface area contributed by atoms with Gasteiger partial charge in [-0.15, -0.1) is 11.3 Å². The lowest BCUT2D eigenvalue weighted by Gasteiger charge is -1.92. The molecule has 0 aliphatic rings. The highest BCUT2D eigenvalue weighted by molar-refractivity contribution is 7.07. The van der Waals surface area contributed by atoms with Crippen LogP contribution in [0.3, 0.4) is 0 Å². The molecule has 16 heavy (non-hydrogen) atoms. The van der Waals surface area contributed by atoms with E-state index in [0.717, 1.165) is 10.9 Å². The van der Waals surface area contributed by atoms with E-state index in [0.29, 0.717) is 0 Å². The molecule has 0 saturated carbocycles. The van der Waals surface area contributed by atoms with Gasteiger partial charge in [-0.3, -0.25) is 4.98 Å². The lowest BCUT2D eigenvalue weighted by molar-refractivity contribution is 1.12. The molecule has 2 aromatic heterocycles. The molecular formula is C11H9N3OS. The van der Waals surface area contributed by atoms with Gasteiger partial charge >= 0.3 is 5.69 Å². The predicted molar refractivity (Wildman–Crippen MR) is 64.5 cm³/mol. The normalized spacial score (nSPS) is 9.50. The van der Waals surface area contributed by atoms with Gasteiger partial charge in [0.2, 0.25) is 0 Å². The smallest absolute Gasteiger partial charge is 0.305 e. The van der Waals surface area contributed by atoms with Gasteiger partial charge in [0.25, 0.3) is 0 Å². The van der Waals surface area contributed by atoms with Crippen molar-refractivity contribution in [2.24, 2.45) is 0 Å². The van der Waals surface area contributed by atoms with Crippen LogP contribution in [0.5, 0.6) is 0 Å². The van der Waals surface area contributed by atoms with E-state index in [1.807, 2.05) is 29.6 Å². The number of fused-ring (bicyclic) bond motifs is 1. The highest BCUT2D eigenvalue weighted by Crippen LogP contribution is 2.05. The van der Waals surface area contributed by atoms with Crippen molar-refractivity contribution in [3.63, 3.8) is 0 Å². The van der Waals surface area contributed by atoms with Gasteiger partial charge in [0.05, 0.1) is 11.0 Å². The van der Waals surface area contributed by atoms with Crippen molar-refractivity contribution in [2.75, 3.05) is 0 Å². The molecule has 2 heterocycles. The molecule has 0 saturated heterocycles. The van der Waals surface area contributed by atoms with Crippen LogP contribution in [-0.4, -0.2) is 15.0 Å². The van der Waals surface area contributed by atoms with E-state index in [-0.39, 0.29) is 5.69 Å². The lowest BCUT2D eigenvalue weighted by atomic mass is 10.2. The van der Waals surface area contributed by atoms with Crippen molar-refractivity contribution < 1.29 is 0 Å². The summed E-state index contributed by atoms with van der Waals surface area (Å²) in [5.74, 6) is 0. The first kappa shape index (κ1) is 10.5. The number of para-hydroxylation sites is 1. The Hall–Kier alpha value is -2.01. The molecule has 80 valence electrons. The monoisotopic (exact) mass is 231 g/mol. The van der Waals surface area contributed by atoms with Crippen LogP contribution < -0.4 is 5.69 Å². The molecule has 4 nitrogen and oxygen atoms in total. The minimum atomic E-state index is -0.302. The van der Waals surface area contributed by atoms with E-state index < -0.39 is 0 Å². The first-order chi connectivity index (χ1) is 7.86. The molecule has 0 unspecified atom stereocenters. The fraction of sp³-hybridized carbons (Fsp3) is 0. The standard InChI is InChI=1S/C8H6N2O.C3H3NS/c11-8-9-5-6-3-1-2-4-7(6)10-8;1-2-5-3-4-1/h1-5H,(H,9,10,11);1-3H. The van der Waals surface area contributed by atoms with Gasteiger partial charge in [0.15, 0.2) is 0 Å². The molecule has 1 N–H and O–H groups in total. The summed E-state index contributed by atoms with van der Waals surface area (Å²) < 4.78 is 0. The summed E-state index contributed by atoms with van der Waals surface area (Å²) in [6.45, 7) is 0. The second-order valence-corrected chi connectivity index (χ2v) is 3.71. The Balaban J connectivity index is 0.000000162. The second kappa shape index (κ2) is 5.18. The van der Waals surface area contributed by atoms with Crippen LogP contribution in [0.4, 0.5) is 0 Å². The van der Waals surface area contributed by atoms with Crippen LogP contribution in [0.2, 0.25) is 0 Å². The van der Waals surface area contributed by atoms with Crippen LogP contribution in [0.25, 0.3) is 10.9 Å². The Bertz CT molecular complexity index is 586. The van der Waals surface area contributed by atoms with Gasteiger partial charge in [-0.1, -0.05) is 18.2 Å². The van der Waals surface area contributed by atoms with Gasteiger partial charge in [-0.2, -0.15) is 0 Å². The third kappa shape index (κ3) is 2.74. The minimum Gasteiger partial charge on any atom is -0.305 e. The molecule has 0 aliphatic heterocycles. The molecule has 1 aromatic carbocycles. The molecule has 0 fully saturated rings. The highest BCUT2D eigenvalue weighted by Gasteiger charge is 1.90. The quantitative estimate of drug-likeness (QED) is 0.644. The first-order valence-electron chi connectivity index (χ1n) is 4.62. The zero-order chi connectivity index (χ0) is 11.2. The Morgan fingerprint density at radius 2 is 2.12 bits per heavy atom. The van der Waals surface area contributed by atoms with Gasteiger partial charge < -0.3 is 4.98 Å². The molecule has 0 atom stereocenters. The average molecular weight is 231 g/mol. The van der Waals surface area contributed by atoms with Crippen molar-refractivity contribution in [1.82, 2.24) is 15.0 Å². The van der Waals surface area contributed by atoms with Gasteiger partial charge in [0, 0.05) is 23.2 Å². The van der Waals surface area contributed by atoms with Crippen molar-refractivity contribution in [3.8, 4) is 0 Å². The molecule has 5 heteroatoms. The molecule has 0 aliphatic carbocycles. The number of thiazole rings is 1. The number of H-pyrrole nitrogens is 1. The Kier molecular flexibility index (Phi) is 3.40. The fourth-order valence-corrected chi connectivity index (χ4v) is 1.53. The summed E-state index contributed by atoms with van der Waals surface area (Å²) in [7, 11) is 0. The van der Waals surface area contributed by atoms with E-state index in [1.165, 1.54) is 0 Å². The van der Waals surface area contributed by atoms with E-state index in [4.69, 9.17) is 0 Å². The molecule has 0 bridgehead atoms. The maximum Gasteiger partial charge on any atom is 0.345 e. The maximum atomic E-state index is 10.7. The number of rotatable bonds is 0. The summed E-state index contributed by atoms with van der Waals surface area (Å²) in [6.07, 6.45) is 3.33. The first-order valence-corrected chi connectivity index (χ1v) is 5.57. The van der Waals surface area contributed by atoms with E-state index >= 15 is 0 Å². The van der Waals surface area contributed by atoms with E-state index in [9.17, 15) is 4.79 Å². The number of aromatic amines is 1. The van der Waals surface area contributed by atoms with E-state index in [1.54, 1.807) is 29.2 Å². The average Bonchev–Trinajstić information content (AvgIpc) is 2.87. The van der Waals surface area contributed by atoms with Crippen LogP contribution in [0.15, 0.2) is 52.3 Å². The third-order valence-corrected chi connectivity index (χ3v) is 2.39. The Morgan fingerprint density at radius 1 is 1.25 bits per heavy atom. The van der Waals surface area contributed by atoms with Crippen molar-refractivity contribution in [1.29, 1.82) is 0 Å². The van der Waals surface area contributed by atoms with Crippen molar-refractivity contribution in [2.45, 2.75) is 0 Å². The zero-order valence-electron chi connectivity index (χ0n) is 8.33. The molecule has 0 spiro atoms. The summed E-state index contributed by atoms with van der Waals surface area (Å²) in [5.41, 5.74) is 2.32. The molecule has 3 aromatic rings. The fourth-order valence-electron chi connectivity index (χ4n) is 1.17. The number of benzene rings is 1. The highest BCUT2D eigenvalue weighted by atomic mass is 32.1. The third-order valence-electron chi connectivity index (χ3n) is 1.87. The number of aromatic nitrogens is 3. The molecule has 3 rings (SSSR count). The maximum absolute atomic E-state index is 10.7. The summed E-state index contributed by atoms with van der Waals surface area (Å²) in [5, 5.41) is 2.88. The number of hydrogen-bond acceptors (Lipinski definition) is 4. The zero-order valence-corrected chi connectivity index (χ0v) is 9.15. The SMILES string of the molecule is O=c1ncc2ccccc2[nH]1.c1cscn1. The van der Waals surface area contributed by atoms with Gasteiger partial charge in [0.1, 0.15) is 0 Å². The number of nitrogens with one attached hydrogen (secondary N) is 1. The Morgan fingerprint density at radius 3 is 2.81 bits per heavy atom. The number of nitrogens with zero attached hydrogens (tertiary/aromatic N) is 2. The largest absolute Gasteiger partial charge is 0.345 e. The predicted octanol–water partition coefficient (Wildman–Crippen LogP) is 2.07. The van der Waals surface area contributed by atoms with Crippen LogP contribution in [-0.2, 0) is 0 Å².